The highest BCUT2D eigenvalue weighted by Gasteiger charge is 2.26. The van der Waals surface area contributed by atoms with Crippen LogP contribution in [0.3, 0.4) is 0 Å². The van der Waals surface area contributed by atoms with Crippen LogP contribution in [0.5, 0.6) is 5.75 Å². The zero-order valence-corrected chi connectivity index (χ0v) is 13.6. The first-order valence-electron chi connectivity index (χ1n) is 6.42. The second kappa shape index (κ2) is 5.57. The maximum atomic E-state index is 6.12. The van der Waals surface area contributed by atoms with E-state index in [9.17, 15) is 0 Å². The third kappa shape index (κ3) is 2.82. The topological polar surface area (TPSA) is 12.5 Å². The molecule has 2 nitrogen and oxygen atoms in total. The fourth-order valence-corrected chi connectivity index (χ4v) is 3.94. The summed E-state index contributed by atoms with van der Waals surface area (Å²) in [4.78, 5) is 5.00. The van der Waals surface area contributed by atoms with Crippen molar-refractivity contribution in [3.8, 4) is 5.75 Å². The standard InChI is InChI=1S/C15H15Cl2NOS/c1-9-5-11-14(7-18(2)8-15(11)20-9)19-10-3-4-12(16)13(17)6-10/h3-6,14H,7-8H2,1-2H3. The molecule has 0 saturated carbocycles. The molecular formula is C15H15Cl2NOS. The summed E-state index contributed by atoms with van der Waals surface area (Å²) in [7, 11) is 2.11. The van der Waals surface area contributed by atoms with E-state index >= 15 is 0 Å². The summed E-state index contributed by atoms with van der Waals surface area (Å²) in [5.74, 6) is 0.759. The Bertz CT molecular complexity index is 641. The van der Waals surface area contributed by atoms with Crippen LogP contribution in [0.4, 0.5) is 0 Å². The van der Waals surface area contributed by atoms with Crippen LogP contribution in [-0.4, -0.2) is 18.5 Å². The van der Waals surface area contributed by atoms with Gasteiger partial charge in [-0.3, -0.25) is 4.90 Å². The molecule has 0 spiro atoms. The molecule has 1 atom stereocenters. The van der Waals surface area contributed by atoms with Crippen molar-refractivity contribution < 1.29 is 4.74 Å². The lowest BCUT2D eigenvalue weighted by molar-refractivity contribution is 0.131. The van der Waals surface area contributed by atoms with E-state index in [1.165, 1.54) is 15.3 Å². The lowest BCUT2D eigenvalue weighted by Gasteiger charge is -2.30. The number of likely N-dealkylation sites (N-methyl/N-ethyl adjacent to an activating group) is 1. The Balaban J connectivity index is 1.88. The Hall–Kier alpha value is -0.740. The average Bonchev–Trinajstić information content (AvgIpc) is 2.74. The summed E-state index contributed by atoms with van der Waals surface area (Å²) >= 11 is 13.8. The Labute approximate surface area is 132 Å². The van der Waals surface area contributed by atoms with Gasteiger partial charge < -0.3 is 4.74 Å². The van der Waals surface area contributed by atoms with E-state index in [0.717, 1.165) is 18.8 Å². The van der Waals surface area contributed by atoms with Gasteiger partial charge >= 0.3 is 0 Å². The molecule has 20 heavy (non-hydrogen) atoms. The minimum absolute atomic E-state index is 0.0472. The normalized spacial score (nSPS) is 18.9. The molecule has 0 bridgehead atoms. The lowest BCUT2D eigenvalue weighted by atomic mass is 10.1. The highest BCUT2D eigenvalue weighted by molar-refractivity contribution is 7.12. The minimum atomic E-state index is 0.0472. The van der Waals surface area contributed by atoms with Crippen LogP contribution in [-0.2, 0) is 6.54 Å². The number of halogens is 2. The van der Waals surface area contributed by atoms with Crippen LogP contribution < -0.4 is 4.74 Å². The van der Waals surface area contributed by atoms with E-state index in [1.54, 1.807) is 12.1 Å². The Kier molecular flexibility index (Phi) is 3.95. The molecule has 1 aromatic carbocycles. The molecule has 0 fully saturated rings. The third-order valence-electron chi connectivity index (χ3n) is 3.37. The highest BCUT2D eigenvalue weighted by Crippen LogP contribution is 2.36. The van der Waals surface area contributed by atoms with Gasteiger partial charge in [0, 0.05) is 34.5 Å². The molecule has 1 aliphatic rings. The van der Waals surface area contributed by atoms with Gasteiger partial charge in [-0.15, -0.1) is 11.3 Å². The van der Waals surface area contributed by atoms with Crippen LogP contribution in [0.25, 0.3) is 0 Å². The zero-order chi connectivity index (χ0) is 14.3. The number of rotatable bonds is 2. The first-order valence-corrected chi connectivity index (χ1v) is 7.99. The van der Waals surface area contributed by atoms with Gasteiger partial charge in [0.2, 0.25) is 0 Å². The van der Waals surface area contributed by atoms with Crippen LogP contribution in [0, 0.1) is 6.92 Å². The van der Waals surface area contributed by atoms with Gasteiger partial charge in [0.25, 0.3) is 0 Å². The van der Waals surface area contributed by atoms with Crippen molar-refractivity contribution in [1.82, 2.24) is 4.90 Å². The second-order valence-corrected chi connectivity index (χ2v) is 7.27. The fraction of sp³-hybridized carbons (Fsp3) is 0.333. The van der Waals surface area contributed by atoms with E-state index in [2.05, 4.69) is 24.9 Å². The van der Waals surface area contributed by atoms with E-state index in [1.807, 2.05) is 17.4 Å². The van der Waals surface area contributed by atoms with E-state index in [0.29, 0.717) is 10.0 Å². The lowest BCUT2D eigenvalue weighted by Crippen LogP contribution is -2.31. The molecule has 0 radical (unpaired) electrons. The number of aryl methyl sites for hydroxylation is 1. The zero-order valence-electron chi connectivity index (χ0n) is 11.3. The molecule has 5 heteroatoms. The largest absolute Gasteiger partial charge is 0.484 e. The molecule has 1 aromatic heterocycles. The third-order valence-corrected chi connectivity index (χ3v) is 5.16. The Morgan fingerprint density at radius 2 is 2.05 bits per heavy atom. The number of thiophene rings is 1. The molecule has 106 valence electrons. The maximum absolute atomic E-state index is 6.12. The van der Waals surface area contributed by atoms with Crippen molar-refractivity contribution in [2.24, 2.45) is 0 Å². The summed E-state index contributed by atoms with van der Waals surface area (Å²) in [6.07, 6.45) is 0.0472. The van der Waals surface area contributed by atoms with Crippen molar-refractivity contribution in [1.29, 1.82) is 0 Å². The summed E-state index contributed by atoms with van der Waals surface area (Å²) in [5.41, 5.74) is 1.30. The molecule has 3 rings (SSSR count). The fourth-order valence-electron chi connectivity index (χ4n) is 2.48. The van der Waals surface area contributed by atoms with Crippen molar-refractivity contribution in [3.63, 3.8) is 0 Å². The molecule has 2 heterocycles. The van der Waals surface area contributed by atoms with Gasteiger partial charge in [-0.1, -0.05) is 23.2 Å². The number of hydrogen-bond acceptors (Lipinski definition) is 3. The number of hydrogen-bond donors (Lipinski definition) is 0. The van der Waals surface area contributed by atoms with Gasteiger partial charge in [0.15, 0.2) is 0 Å². The van der Waals surface area contributed by atoms with Crippen molar-refractivity contribution in [2.45, 2.75) is 19.6 Å². The van der Waals surface area contributed by atoms with Gasteiger partial charge in [-0.25, -0.2) is 0 Å². The Morgan fingerprint density at radius 3 is 2.80 bits per heavy atom. The van der Waals surface area contributed by atoms with Gasteiger partial charge in [-0.2, -0.15) is 0 Å². The number of ether oxygens (including phenoxy) is 1. The Morgan fingerprint density at radius 1 is 1.25 bits per heavy atom. The van der Waals surface area contributed by atoms with E-state index < -0.39 is 0 Å². The molecule has 0 aliphatic carbocycles. The van der Waals surface area contributed by atoms with Crippen molar-refractivity contribution >= 4 is 34.5 Å². The van der Waals surface area contributed by atoms with Crippen LogP contribution in [0.2, 0.25) is 10.0 Å². The van der Waals surface area contributed by atoms with Crippen molar-refractivity contribution in [3.05, 3.63) is 49.6 Å². The number of fused-ring (bicyclic) bond motifs is 1. The predicted molar refractivity (Wildman–Crippen MR) is 85.2 cm³/mol. The van der Waals surface area contributed by atoms with E-state index in [4.69, 9.17) is 27.9 Å². The molecular weight excluding hydrogens is 313 g/mol. The SMILES string of the molecule is Cc1cc2c(s1)CN(C)CC2Oc1ccc(Cl)c(Cl)c1. The second-order valence-electron chi connectivity index (χ2n) is 5.11. The summed E-state index contributed by atoms with van der Waals surface area (Å²) < 4.78 is 6.12. The first kappa shape index (κ1) is 14.2. The minimum Gasteiger partial charge on any atom is -0.484 e. The van der Waals surface area contributed by atoms with Gasteiger partial charge in [-0.05, 0) is 32.2 Å². The van der Waals surface area contributed by atoms with Gasteiger partial charge in [0.1, 0.15) is 11.9 Å². The molecule has 2 aromatic rings. The highest BCUT2D eigenvalue weighted by atomic mass is 35.5. The smallest absolute Gasteiger partial charge is 0.137 e. The molecule has 1 unspecified atom stereocenters. The van der Waals surface area contributed by atoms with Crippen molar-refractivity contribution in [2.75, 3.05) is 13.6 Å². The summed E-state index contributed by atoms with van der Waals surface area (Å²) in [6.45, 7) is 4.01. The predicted octanol–water partition coefficient (Wildman–Crippen LogP) is 4.93. The van der Waals surface area contributed by atoms with Crippen LogP contribution in [0.1, 0.15) is 21.4 Å². The molecule has 1 aliphatic heterocycles. The molecule has 0 saturated heterocycles. The molecule has 0 N–H and O–H groups in total. The van der Waals surface area contributed by atoms with Gasteiger partial charge in [0.05, 0.1) is 10.0 Å². The number of benzene rings is 1. The van der Waals surface area contributed by atoms with E-state index in [-0.39, 0.29) is 6.10 Å². The molecule has 0 amide bonds. The monoisotopic (exact) mass is 327 g/mol. The maximum Gasteiger partial charge on any atom is 0.137 e. The van der Waals surface area contributed by atoms with Crippen LogP contribution >= 0.6 is 34.5 Å². The summed E-state index contributed by atoms with van der Waals surface area (Å²) in [5, 5.41) is 1.07. The van der Waals surface area contributed by atoms with Crippen LogP contribution in [0.15, 0.2) is 24.3 Å². The average molecular weight is 328 g/mol. The quantitative estimate of drug-likeness (QED) is 0.775. The first-order chi connectivity index (χ1) is 9.52. The summed E-state index contributed by atoms with van der Waals surface area (Å²) in [6, 6.07) is 7.64. The number of nitrogens with zero attached hydrogens (tertiary/aromatic N) is 1.